The van der Waals surface area contributed by atoms with Gasteiger partial charge in [-0.05, 0) is 52.3 Å². The highest BCUT2D eigenvalue weighted by molar-refractivity contribution is 7.98. The van der Waals surface area contributed by atoms with Gasteiger partial charge in [-0.15, -0.1) is 0 Å². The standard InChI is InChI=1S/C18H26N6O3S/c1-11-14(13(25)10-20-23-19)15(22-16(21-11)28-5)12-6-8-24(9-7-12)17(26)27-18(2,3)4/h12H,6-10H2,1-5H3. The maximum atomic E-state index is 12.6. The Morgan fingerprint density at radius 2 is 1.96 bits per heavy atom. The Hall–Kier alpha value is -2.32. The summed E-state index contributed by atoms with van der Waals surface area (Å²) < 4.78 is 5.44. The second-order valence-corrected chi connectivity index (χ2v) is 8.38. The molecule has 0 radical (unpaired) electrons. The SMILES string of the molecule is CSc1nc(C)c(C(=O)CN=[N+]=[N-])c(C2CCN(C(=O)OC(C)(C)C)CC2)n1. The summed E-state index contributed by atoms with van der Waals surface area (Å²) in [7, 11) is 0. The molecular weight excluding hydrogens is 380 g/mol. The fourth-order valence-electron chi connectivity index (χ4n) is 3.14. The van der Waals surface area contributed by atoms with E-state index in [0.29, 0.717) is 48.0 Å². The van der Waals surface area contributed by atoms with Crippen LogP contribution in [0.2, 0.25) is 0 Å². The van der Waals surface area contributed by atoms with Gasteiger partial charge in [0.2, 0.25) is 0 Å². The summed E-state index contributed by atoms with van der Waals surface area (Å²) >= 11 is 1.41. The summed E-state index contributed by atoms with van der Waals surface area (Å²) in [5.41, 5.74) is 9.68. The Balaban J connectivity index is 2.23. The lowest BCUT2D eigenvalue weighted by atomic mass is 9.89. The lowest BCUT2D eigenvalue weighted by Crippen LogP contribution is -2.41. The minimum absolute atomic E-state index is 0.0244. The summed E-state index contributed by atoms with van der Waals surface area (Å²) in [6.45, 7) is 8.09. The molecule has 1 aromatic rings. The molecule has 0 unspecified atom stereocenters. The molecule has 2 heterocycles. The van der Waals surface area contributed by atoms with Crippen LogP contribution >= 0.6 is 11.8 Å². The van der Waals surface area contributed by atoms with Crippen LogP contribution in [0.4, 0.5) is 4.79 Å². The van der Waals surface area contributed by atoms with Crippen molar-refractivity contribution in [3.63, 3.8) is 0 Å². The second kappa shape index (κ2) is 9.25. The van der Waals surface area contributed by atoms with Crippen LogP contribution in [-0.2, 0) is 4.74 Å². The fourth-order valence-corrected chi connectivity index (χ4v) is 3.55. The number of hydrogen-bond acceptors (Lipinski definition) is 7. The molecule has 9 nitrogen and oxygen atoms in total. The normalized spacial score (nSPS) is 15.1. The molecule has 0 spiro atoms. The van der Waals surface area contributed by atoms with E-state index in [9.17, 15) is 9.59 Å². The van der Waals surface area contributed by atoms with Gasteiger partial charge in [0.25, 0.3) is 0 Å². The van der Waals surface area contributed by atoms with Crippen molar-refractivity contribution < 1.29 is 14.3 Å². The van der Waals surface area contributed by atoms with Crippen molar-refractivity contribution in [2.75, 3.05) is 25.9 Å². The molecule has 1 aliphatic rings. The van der Waals surface area contributed by atoms with Gasteiger partial charge >= 0.3 is 6.09 Å². The smallest absolute Gasteiger partial charge is 0.410 e. The quantitative estimate of drug-likeness (QED) is 0.181. The number of hydrogen-bond donors (Lipinski definition) is 0. The third kappa shape index (κ3) is 5.59. The highest BCUT2D eigenvalue weighted by atomic mass is 32.2. The van der Waals surface area contributed by atoms with Crippen molar-refractivity contribution in [3.05, 3.63) is 27.4 Å². The molecule has 28 heavy (non-hydrogen) atoms. The summed E-state index contributed by atoms with van der Waals surface area (Å²) in [6.07, 6.45) is 2.90. The Labute approximate surface area is 168 Å². The Bertz CT molecular complexity index is 793. The molecule has 0 N–H and O–H groups in total. The van der Waals surface area contributed by atoms with Crippen molar-refractivity contribution in [2.24, 2.45) is 5.11 Å². The van der Waals surface area contributed by atoms with Crippen LogP contribution in [0.25, 0.3) is 10.4 Å². The van der Waals surface area contributed by atoms with Crippen molar-refractivity contribution in [1.82, 2.24) is 14.9 Å². The molecule has 1 fully saturated rings. The highest BCUT2D eigenvalue weighted by Crippen LogP contribution is 2.32. The van der Waals surface area contributed by atoms with Gasteiger partial charge in [-0.3, -0.25) is 4.79 Å². The number of thioether (sulfide) groups is 1. The molecule has 1 amide bonds. The molecule has 0 aromatic carbocycles. The number of rotatable bonds is 5. The summed E-state index contributed by atoms with van der Waals surface area (Å²) in [5, 5.41) is 3.99. The molecule has 0 saturated carbocycles. The average Bonchev–Trinajstić information content (AvgIpc) is 2.64. The van der Waals surface area contributed by atoms with E-state index in [2.05, 4.69) is 20.0 Å². The van der Waals surface area contributed by atoms with E-state index in [1.54, 1.807) is 11.8 Å². The minimum atomic E-state index is -0.536. The lowest BCUT2D eigenvalue weighted by Gasteiger charge is -2.33. The number of carbonyl (C=O) groups excluding carboxylic acids is 2. The van der Waals surface area contributed by atoms with E-state index in [1.807, 2.05) is 27.0 Å². The number of piperidine rings is 1. The first-order valence-electron chi connectivity index (χ1n) is 9.10. The van der Waals surface area contributed by atoms with E-state index < -0.39 is 5.60 Å². The van der Waals surface area contributed by atoms with Gasteiger partial charge in [0.15, 0.2) is 10.9 Å². The van der Waals surface area contributed by atoms with Crippen molar-refractivity contribution >= 4 is 23.6 Å². The number of aryl methyl sites for hydroxylation is 1. The molecule has 2 rings (SSSR count). The van der Waals surface area contributed by atoms with Gasteiger partial charge < -0.3 is 9.64 Å². The van der Waals surface area contributed by atoms with Gasteiger partial charge in [0, 0.05) is 23.9 Å². The van der Waals surface area contributed by atoms with E-state index in [1.165, 1.54) is 11.8 Å². The van der Waals surface area contributed by atoms with Crippen LogP contribution < -0.4 is 0 Å². The van der Waals surface area contributed by atoms with Crippen molar-refractivity contribution in [2.45, 2.75) is 57.2 Å². The van der Waals surface area contributed by atoms with E-state index >= 15 is 0 Å². The first-order chi connectivity index (χ1) is 13.2. The zero-order valence-electron chi connectivity index (χ0n) is 16.9. The number of ether oxygens (including phenoxy) is 1. The number of ketones is 1. The van der Waals surface area contributed by atoms with Crippen LogP contribution in [0.1, 0.15) is 61.3 Å². The Morgan fingerprint density at radius 3 is 2.50 bits per heavy atom. The largest absolute Gasteiger partial charge is 0.444 e. The Kier molecular flexibility index (Phi) is 7.26. The number of azide groups is 1. The first kappa shape index (κ1) is 22.0. The average molecular weight is 407 g/mol. The Morgan fingerprint density at radius 1 is 1.32 bits per heavy atom. The number of aromatic nitrogens is 2. The van der Waals surface area contributed by atoms with Gasteiger partial charge in [-0.25, -0.2) is 14.8 Å². The van der Waals surface area contributed by atoms with Gasteiger partial charge in [0.05, 0.1) is 23.5 Å². The monoisotopic (exact) mass is 406 g/mol. The lowest BCUT2D eigenvalue weighted by molar-refractivity contribution is 0.0203. The second-order valence-electron chi connectivity index (χ2n) is 7.61. The minimum Gasteiger partial charge on any atom is -0.444 e. The molecule has 0 atom stereocenters. The zero-order valence-corrected chi connectivity index (χ0v) is 17.7. The summed E-state index contributed by atoms with van der Waals surface area (Å²) in [6, 6.07) is 0. The molecule has 0 aliphatic carbocycles. The van der Waals surface area contributed by atoms with E-state index in [-0.39, 0.29) is 24.3 Å². The van der Waals surface area contributed by atoms with Crippen LogP contribution in [0, 0.1) is 6.92 Å². The molecule has 1 aliphatic heterocycles. The van der Waals surface area contributed by atoms with Gasteiger partial charge in [0.1, 0.15) is 5.60 Å². The first-order valence-corrected chi connectivity index (χ1v) is 10.3. The predicted molar refractivity (Wildman–Crippen MR) is 107 cm³/mol. The number of carbonyl (C=O) groups is 2. The van der Waals surface area contributed by atoms with E-state index in [4.69, 9.17) is 10.3 Å². The molecule has 10 heteroatoms. The summed E-state index contributed by atoms with van der Waals surface area (Å²) in [4.78, 5) is 38.2. The topological polar surface area (TPSA) is 121 Å². The van der Waals surface area contributed by atoms with Crippen molar-refractivity contribution in [1.29, 1.82) is 0 Å². The third-order valence-electron chi connectivity index (χ3n) is 4.37. The fraction of sp³-hybridized carbons (Fsp3) is 0.667. The third-order valence-corrected chi connectivity index (χ3v) is 4.92. The molecular formula is C18H26N6O3S. The molecule has 152 valence electrons. The van der Waals surface area contributed by atoms with Crippen LogP contribution in [0.3, 0.4) is 0 Å². The number of nitrogens with zero attached hydrogens (tertiary/aromatic N) is 6. The van der Waals surface area contributed by atoms with Gasteiger partial charge in [-0.1, -0.05) is 16.9 Å². The molecule has 1 saturated heterocycles. The van der Waals surface area contributed by atoms with Gasteiger partial charge in [-0.2, -0.15) is 0 Å². The predicted octanol–water partition coefficient (Wildman–Crippen LogP) is 4.11. The van der Waals surface area contributed by atoms with Crippen molar-refractivity contribution in [3.8, 4) is 0 Å². The zero-order chi connectivity index (χ0) is 20.9. The highest BCUT2D eigenvalue weighted by Gasteiger charge is 2.31. The van der Waals surface area contributed by atoms with Crippen LogP contribution in [0.15, 0.2) is 10.3 Å². The summed E-state index contributed by atoms with van der Waals surface area (Å²) in [5.74, 6) is -0.260. The maximum Gasteiger partial charge on any atom is 0.410 e. The maximum absolute atomic E-state index is 12.6. The molecule has 1 aromatic heterocycles. The van der Waals surface area contributed by atoms with E-state index in [0.717, 1.165) is 0 Å². The number of Topliss-reactive ketones (excluding diaryl/α,β-unsaturated/α-hetero) is 1. The number of likely N-dealkylation sites (tertiary alicyclic amines) is 1. The van der Waals surface area contributed by atoms with Crippen LogP contribution in [0.5, 0.6) is 0 Å². The van der Waals surface area contributed by atoms with Crippen LogP contribution in [-0.4, -0.2) is 58.2 Å². The molecule has 0 bridgehead atoms. The number of amides is 1.